The van der Waals surface area contributed by atoms with E-state index < -0.39 is 0 Å². The van der Waals surface area contributed by atoms with Crippen molar-refractivity contribution in [3.05, 3.63) is 64.4 Å². The summed E-state index contributed by atoms with van der Waals surface area (Å²) in [6, 6.07) is 9.87. The van der Waals surface area contributed by atoms with Gasteiger partial charge in [0.15, 0.2) is 0 Å². The zero-order valence-electron chi connectivity index (χ0n) is 11.5. The highest BCUT2D eigenvalue weighted by Gasteiger charge is 2.20. The van der Waals surface area contributed by atoms with Crippen LogP contribution in [-0.2, 0) is 11.2 Å². The van der Waals surface area contributed by atoms with Gasteiger partial charge in [-0.15, -0.1) is 0 Å². The molecule has 0 unspecified atom stereocenters. The van der Waals surface area contributed by atoms with Crippen molar-refractivity contribution in [1.82, 2.24) is 4.98 Å². The molecule has 0 N–H and O–H groups in total. The van der Waals surface area contributed by atoms with Crippen LogP contribution in [0.1, 0.15) is 17.5 Å². The number of pyridine rings is 1. The van der Waals surface area contributed by atoms with Crippen LogP contribution in [0.25, 0.3) is 6.08 Å². The van der Waals surface area contributed by atoms with Crippen molar-refractivity contribution in [1.29, 1.82) is 0 Å². The molecule has 0 saturated heterocycles. The Bertz CT molecular complexity index is 682. The van der Waals surface area contributed by atoms with Gasteiger partial charge >= 0.3 is 0 Å². The van der Waals surface area contributed by atoms with Gasteiger partial charge in [-0.25, -0.2) is 0 Å². The topological polar surface area (TPSA) is 33.2 Å². The van der Waals surface area contributed by atoms with Crippen molar-refractivity contribution >= 4 is 33.6 Å². The molecule has 1 amide bonds. The molecule has 1 aromatic heterocycles. The van der Waals surface area contributed by atoms with Crippen LogP contribution in [-0.4, -0.2) is 17.4 Å². The Balaban J connectivity index is 1.82. The fraction of sp³-hybridized carbons (Fsp3) is 0.176. The summed E-state index contributed by atoms with van der Waals surface area (Å²) >= 11 is 3.48. The number of amides is 1. The van der Waals surface area contributed by atoms with E-state index in [0.29, 0.717) is 0 Å². The largest absolute Gasteiger partial charge is 0.309 e. The fourth-order valence-corrected chi connectivity index (χ4v) is 2.94. The van der Waals surface area contributed by atoms with Gasteiger partial charge in [-0.05, 0) is 54.3 Å². The maximum Gasteiger partial charge on any atom is 0.250 e. The summed E-state index contributed by atoms with van der Waals surface area (Å²) in [5, 5.41) is 0. The quantitative estimate of drug-likeness (QED) is 0.777. The molecule has 0 fully saturated rings. The average Bonchev–Trinajstić information content (AvgIpc) is 2.52. The van der Waals surface area contributed by atoms with Crippen LogP contribution >= 0.6 is 15.9 Å². The van der Waals surface area contributed by atoms with Crippen LogP contribution in [0.5, 0.6) is 0 Å². The molecule has 1 aliphatic rings. The molecule has 2 heterocycles. The summed E-state index contributed by atoms with van der Waals surface area (Å²) in [5.41, 5.74) is 3.17. The van der Waals surface area contributed by atoms with Crippen molar-refractivity contribution < 1.29 is 4.79 Å². The SMILES string of the molecule is O=C(/C=C/c1cccnc1)N1CCCc2cc(Br)ccc21. The lowest BCUT2D eigenvalue weighted by Gasteiger charge is -2.28. The molecule has 0 spiro atoms. The molecule has 4 heteroatoms. The minimum atomic E-state index is 0.0159. The lowest BCUT2D eigenvalue weighted by molar-refractivity contribution is -0.114. The van der Waals surface area contributed by atoms with Gasteiger partial charge in [0.25, 0.3) is 5.91 Å². The van der Waals surface area contributed by atoms with E-state index in [4.69, 9.17) is 0 Å². The van der Waals surface area contributed by atoms with Gasteiger partial charge in [-0.2, -0.15) is 0 Å². The maximum atomic E-state index is 12.4. The van der Waals surface area contributed by atoms with Gasteiger partial charge in [0, 0.05) is 35.2 Å². The number of hydrogen-bond donors (Lipinski definition) is 0. The first kappa shape index (κ1) is 14.0. The molecule has 0 radical (unpaired) electrons. The van der Waals surface area contributed by atoms with E-state index in [1.165, 1.54) is 5.56 Å². The van der Waals surface area contributed by atoms with Crippen molar-refractivity contribution in [3.8, 4) is 0 Å². The Morgan fingerprint density at radius 2 is 2.24 bits per heavy atom. The zero-order valence-corrected chi connectivity index (χ0v) is 13.1. The second-order valence-corrected chi connectivity index (χ2v) is 5.90. The van der Waals surface area contributed by atoms with Gasteiger partial charge in [0.05, 0.1) is 0 Å². The highest BCUT2D eigenvalue weighted by molar-refractivity contribution is 9.10. The van der Waals surface area contributed by atoms with E-state index in [2.05, 4.69) is 27.0 Å². The molecule has 0 aliphatic carbocycles. The van der Waals surface area contributed by atoms with Crippen LogP contribution in [0.2, 0.25) is 0 Å². The van der Waals surface area contributed by atoms with Gasteiger partial charge < -0.3 is 4.90 Å². The molecular formula is C17H15BrN2O. The smallest absolute Gasteiger partial charge is 0.250 e. The number of carbonyl (C=O) groups excluding carboxylic acids is 1. The number of fused-ring (bicyclic) bond motifs is 1. The maximum absolute atomic E-state index is 12.4. The number of hydrogen-bond acceptors (Lipinski definition) is 2. The summed E-state index contributed by atoms with van der Waals surface area (Å²) < 4.78 is 1.06. The third kappa shape index (κ3) is 3.22. The normalized spacial score (nSPS) is 14.2. The summed E-state index contributed by atoms with van der Waals surface area (Å²) in [4.78, 5) is 18.3. The number of rotatable bonds is 2. The predicted molar refractivity (Wildman–Crippen MR) is 88.1 cm³/mol. The molecule has 1 aromatic carbocycles. The van der Waals surface area contributed by atoms with Crippen LogP contribution < -0.4 is 4.90 Å². The fourth-order valence-electron chi connectivity index (χ4n) is 2.53. The van der Waals surface area contributed by atoms with Crippen LogP contribution in [0.15, 0.2) is 53.3 Å². The van der Waals surface area contributed by atoms with E-state index in [1.54, 1.807) is 18.5 Å². The van der Waals surface area contributed by atoms with Gasteiger partial charge in [-0.3, -0.25) is 9.78 Å². The van der Waals surface area contributed by atoms with E-state index >= 15 is 0 Å². The van der Waals surface area contributed by atoms with Crippen molar-refractivity contribution in [2.45, 2.75) is 12.8 Å². The molecule has 0 bridgehead atoms. The van der Waals surface area contributed by atoms with Gasteiger partial charge in [0.2, 0.25) is 0 Å². The van der Waals surface area contributed by atoms with Crippen LogP contribution in [0.3, 0.4) is 0 Å². The van der Waals surface area contributed by atoms with Crippen molar-refractivity contribution in [3.63, 3.8) is 0 Å². The summed E-state index contributed by atoms with van der Waals surface area (Å²) in [6.45, 7) is 0.769. The Morgan fingerprint density at radius 1 is 1.33 bits per heavy atom. The highest BCUT2D eigenvalue weighted by atomic mass is 79.9. The number of benzene rings is 1. The Kier molecular flexibility index (Phi) is 4.15. The van der Waals surface area contributed by atoms with E-state index in [0.717, 1.165) is 35.1 Å². The number of aromatic nitrogens is 1. The molecule has 21 heavy (non-hydrogen) atoms. The average molecular weight is 343 g/mol. The molecule has 0 atom stereocenters. The van der Waals surface area contributed by atoms with E-state index in [1.807, 2.05) is 35.2 Å². The Morgan fingerprint density at radius 3 is 3.05 bits per heavy atom. The monoisotopic (exact) mass is 342 g/mol. The predicted octanol–water partition coefficient (Wildman–Crippen LogP) is 3.84. The molecular weight excluding hydrogens is 328 g/mol. The summed E-state index contributed by atoms with van der Waals surface area (Å²) in [5.74, 6) is 0.0159. The molecule has 1 aliphatic heterocycles. The summed E-state index contributed by atoms with van der Waals surface area (Å²) in [6.07, 6.45) is 8.90. The number of anilines is 1. The number of carbonyl (C=O) groups is 1. The molecule has 106 valence electrons. The van der Waals surface area contributed by atoms with Crippen LogP contribution in [0, 0.1) is 0 Å². The van der Waals surface area contributed by atoms with E-state index in [-0.39, 0.29) is 5.91 Å². The lowest BCUT2D eigenvalue weighted by Crippen LogP contribution is -2.34. The van der Waals surface area contributed by atoms with Crippen molar-refractivity contribution in [2.75, 3.05) is 11.4 Å². The molecule has 0 saturated carbocycles. The molecule has 3 rings (SSSR count). The number of aryl methyl sites for hydroxylation is 1. The zero-order chi connectivity index (χ0) is 14.7. The minimum Gasteiger partial charge on any atom is -0.309 e. The highest BCUT2D eigenvalue weighted by Crippen LogP contribution is 2.29. The first-order valence-corrected chi connectivity index (χ1v) is 7.71. The minimum absolute atomic E-state index is 0.0159. The second kappa shape index (κ2) is 6.22. The molecule has 3 nitrogen and oxygen atoms in total. The Hall–Kier alpha value is -1.94. The standard InChI is InChI=1S/C17H15BrN2O/c18-15-6-7-16-14(11-15)4-2-10-20(16)17(21)8-5-13-3-1-9-19-12-13/h1,3,5-9,11-12H,2,4,10H2/b8-5+. The van der Waals surface area contributed by atoms with Crippen LogP contribution in [0.4, 0.5) is 5.69 Å². The lowest BCUT2D eigenvalue weighted by atomic mass is 10.0. The Labute approximate surface area is 132 Å². The van der Waals surface area contributed by atoms with Crippen molar-refractivity contribution in [2.24, 2.45) is 0 Å². The van der Waals surface area contributed by atoms with Gasteiger partial charge in [-0.1, -0.05) is 22.0 Å². The number of nitrogens with zero attached hydrogens (tertiary/aromatic N) is 2. The van der Waals surface area contributed by atoms with Gasteiger partial charge in [0.1, 0.15) is 0 Å². The summed E-state index contributed by atoms with van der Waals surface area (Å²) in [7, 11) is 0. The molecule has 2 aromatic rings. The third-order valence-electron chi connectivity index (χ3n) is 3.53. The third-order valence-corrected chi connectivity index (χ3v) is 4.02. The first-order chi connectivity index (χ1) is 10.2. The second-order valence-electron chi connectivity index (χ2n) is 4.99. The number of halogens is 1. The van der Waals surface area contributed by atoms with E-state index in [9.17, 15) is 4.79 Å². The first-order valence-electron chi connectivity index (χ1n) is 6.92.